The van der Waals surface area contributed by atoms with Crippen LogP contribution in [0, 0.1) is 0 Å². The Balaban J connectivity index is 1.42. The highest BCUT2D eigenvalue weighted by atomic mass is 35.5. The van der Waals surface area contributed by atoms with E-state index in [0.717, 1.165) is 37.6 Å². The molecule has 3 N–H and O–H groups in total. The highest BCUT2D eigenvalue weighted by Gasteiger charge is 2.20. The number of methoxy groups -OCH3 is 1. The number of nitrogens with zero attached hydrogens (tertiary/aromatic N) is 3. The normalized spacial score (nSPS) is 18.0. The lowest BCUT2D eigenvalue weighted by Crippen LogP contribution is -2.44. The molecule has 0 radical (unpaired) electrons. The molecule has 1 unspecified atom stereocenters. The summed E-state index contributed by atoms with van der Waals surface area (Å²) in [7, 11) is 3.79. The molecule has 1 atom stereocenters. The minimum atomic E-state index is -0.528. The second-order valence-corrected chi connectivity index (χ2v) is 8.55. The van der Waals surface area contributed by atoms with E-state index in [1.165, 1.54) is 12.3 Å². The van der Waals surface area contributed by atoms with Crippen molar-refractivity contribution in [2.75, 3.05) is 55.9 Å². The standard InChI is InChI=1S/C25H29ClN6O3/c1-4-23(33)28-17-6-5-7-19(14-17)35-24-20(26)16-27-25(30-24)29-21-9-8-18(15-22(21)34-3)32-12-10-31(2)11-13-32/h4-9,14-16,25,29-30H,1,10-13H2,2-3H3,(H,28,33). The molecular formula is C25H29ClN6O3. The van der Waals surface area contributed by atoms with Crippen molar-refractivity contribution >= 4 is 40.8 Å². The van der Waals surface area contributed by atoms with Gasteiger partial charge < -0.3 is 35.2 Å². The molecule has 9 nitrogen and oxygen atoms in total. The monoisotopic (exact) mass is 496 g/mol. The first-order chi connectivity index (χ1) is 16.9. The number of halogens is 1. The third kappa shape index (κ3) is 6.26. The number of ether oxygens (including phenoxy) is 2. The van der Waals surface area contributed by atoms with Gasteiger partial charge in [-0.1, -0.05) is 24.2 Å². The topological polar surface area (TPSA) is 90.5 Å². The summed E-state index contributed by atoms with van der Waals surface area (Å²) in [5.41, 5.74) is 2.48. The maximum atomic E-state index is 11.6. The first-order valence-corrected chi connectivity index (χ1v) is 11.6. The van der Waals surface area contributed by atoms with Gasteiger partial charge in [-0.3, -0.25) is 4.79 Å². The van der Waals surface area contributed by atoms with Crippen molar-refractivity contribution in [3.05, 3.63) is 66.0 Å². The molecule has 35 heavy (non-hydrogen) atoms. The Kier molecular flexibility index (Phi) is 7.79. The number of carbonyl (C=O) groups excluding carboxylic acids is 1. The molecule has 0 spiro atoms. The molecule has 1 fully saturated rings. The van der Waals surface area contributed by atoms with Gasteiger partial charge in [0.1, 0.15) is 16.5 Å². The van der Waals surface area contributed by atoms with Crippen LogP contribution in [0.3, 0.4) is 0 Å². The van der Waals surface area contributed by atoms with Crippen molar-refractivity contribution in [2.45, 2.75) is 6.29 Å². The Morgan fingerprint density at radius 3 is 2.77 bits per heavy atom. The lowest BCUT2D eigenvalue weighted by molar-refractivity contribution is -0.111. The van der Waals surface area contributed by atoms with Crippen LogP contribution in [-0.4, -0.2) is 63.6 Å². The van der Waals surface area contributed by atoms with Crippen molar-refractivity contribution in [1.82, 2.24) is 10.2 Å². The summed E-state index contributed by atoms with van der Waals surface area (Å²) in [4.78, 5) is 20.7. The fourth-order valence-corrected chi connectivity index (χ4v) is 3.89. The van der Waals surface area contributed by atoms with Crippen molar-refractivity contribution in [3.63, 3.8) is 0 Å². The smallest absolute Gasteiger partial charge is 0.247 e. The van der Waals surface area contributed by atoms with Crippen LogP contribution in [0.1, 0.15) is 0 Å². The number of likely N-dealkylation sites (N-methyl/N-ethyl adjacent to an activating group) is 1. The Labute approximate surface area is 210 Å². The largest absolute Gasteiger partial charge is 0.495 e. The molecule has 2 heterocycles. The van der Waals surface area contributed by atoms with E-state index in [-0.39, 0.29) is 5.91 Å². The molecule has 0 aliphatic carbocycles. The molecule has 0 bridgehead atoms. The second-order valence-electron chi connectivity index (χ2n) is 8.14. The van der Waals surface area contributed by atoms with E-state index in [9.17, 15) is 4.79 Å². The van der Waals surface area contributed by atoms with Gasteiger partial charge in [-0.2, -0.15) is 0 Å². The zero-order valence-electron chi connectivity index (χ0n) is 19.8. The van der Waals surface area contributed by atoms with Gasteiger partial charge in [-0.05, 0) is 37.4 Å². The summed E-state index contributed by atoms with van der Waals surface area (Å²) in [6, 6.07) is 13.1. The van der Waals surface area contributed by atoms with E-state index >= 15 is 0 Å². The number of nitrogens with one attached hydrogen (secondary N) is 3. The number of benzene rings is 2. The average Bonchev–Trinajstić information content (AvgIpc) is 2.87. The highest BCUT2D eigenvalue weighted by molar-refractivity contribution is 6.39. The van der Waals surface area contributed by atoms with Crippen LogP contribution < -0.4 is 30.3 Å². The Bertz CT molecular complexity index is 1140. The third-order valence-electron chi connectivity index (χ3n) is 5.67. The van der Waals surface area contributed by atoms with Crippen molar-refractivity contribution in [1.29, 1.82) is 0 Å². The molecular weight excluding hydrogens is 468 g/mol. The zero-order chi connectivity index (χ0) is 24.8. The van der Waals surface area contributed by atoms with Gasteiger partial charge in [0.15, 0.2) is 6.29 Å². The molecule has 2 aromatic rings. The number of allylic oxidation sites excluding steroid dienone is 1. The Morgan fingerprint density at radius 1 is 1.23 bits per heavy atom. The van der Waals surface area contributed by atoms with Crippen molar-refractivity contribution in [3.8, 4) is 11.5 Å². The molecule has 184 valence electrons. The highest BCUT2D eigenvalue weighted by Crippen LogP contribution is 2.31. The molecule has 2 aliphatic rings. The summed E-state index contributed by atoms with van der Waals surface area (Å²) in [5, 5.41) is 9.48. The summed E-state index contributed by atoms with van der Waals surface area (Å²) >= 11 is 6.32. The Hall–Kier alpha value is -3.69. The Morgan fingerprint density at radius 2 is 2.03 bits per heavy atom. The number of carbonyl (C=O) groups is 1. The van der Waals surface area contributed by atoms with Gasteiger partial charge in [0.25, 0.3) is 0 Å². The van der Waals surface area contributed by atoms with Crippen LogP contribution in [0.4, 0.5) is 17.1 Å². The van der Waals surface area contributed by atoms with Gasteiger partial charge in [0, 0.05) is 55.9 Å². The van der Waals surface area contributed by atoms with Gasteiger partial charge in [0.05, 0.1) is 12.8 Å². The molecule has 1 saturated heterocycles. The predicted molar refractivity (Wildman–Crippen MR) is 141 cm³/mol. The van der Waals surface area contributed by atoms with Crippen LogP contribution >= 0.6 is 11.6 Å². The second kappa shape index (κ2) is 11.2. The van der Waals surface area contributed by atoms with E-state index in [0.29, 0.717) is 28.1 Å². The number of aliphatic imine (C=N–C) groups is 1. The van der Waals surface area contributed by atoms with Crippen LogP contribution in [0.15, 0.2) is 71.0 Å². The number of anilines is 3. The first kappa shape index (κ1) is 24.4. The fraction of sp³-hybridized carbons (Fsp3) is 0.280. The maximum absolute atomic E-state index is 11.6. The lowest BCUT2D eigenvalue weighted by Gasteiger charge is -2.34. The fourth-order valence-electron chi connectivity index (χ4n) is 3.74. The average molecular weight is 497 g/mol. The van der Waals surface area contributed by atoms with Gasteiger partial charge in [0.2, 0.25) is 11.8 Å². The quantitative estimate of drug-likeness (QED) is 0.482. The SMILES string of the molecule is C=CC(=O)Nc1cccc(OC2=C(Cl)C=NC(Nc3ccc(N4CCN(C)CC4)cc3OC)N2)c1. The van der Waals surface area contributed by atoms with Crippen LogP contribution in [0.2, 0.25) is 0 Å². The number of rotatable bonds is 8. The zero-order valence-corrected chi connectivity index (χ0v) is 20.5. The van der Waals surface area contributed by atoms with Crippen molar-refractivity contribution < 1.29 is 14.3 Å². The van der Waals surface area contributed by atoms with Gasteiger partial charge in [-0.15, -0.1) is 0 Å². The third-order valence-corrected chi connectivity index (χ3v) is 5.94. The minimum absolute atomic E-state index is 0.306. The minimum Gasteiger partial charge on any atom is -0.495 e. The number of hydrogen-bond donors (Lipinski definition) is 3. The van der Waals surface area contributed by atoms with Crippen LogP contribution in [0.25, 0.3) is 0 Å². The van der Waals surface area contributed by atoms with E-state index in [2.05, 4.69) is 50.4 Å². The molecule has 2 aromatic carbocycles. The molecule has 0 aromatic heterocycles. The summed E-state index contributed by atoms with van der Waals surface area (Å²) in [6.07, 6.45) is 2.20. The summed E-state index contributed by atoms with van der Waals surface area (Å²) in [6.45, 7) is 7.47. The van der Waals surface area contributed by atoms with Gasteiger partial charge in [-0.25, -0.2) is 4.99 Å². The van der Waals surface area contributed by atoms with Crippen LogP contribution in [0.5, 0.6) is 11.5 Å². The van der Waals surface area contributed by atoms with Gasteiger partial charge >= 0.3 is 0 Å². The molecule has 0 saturated carbocycles. The summed E-state index contributed by atoms with van der Waals surface area (Å²) in [5.74, 6) is 1.24. The lowest BCUT2D eigenvalue weighted by atomic mass is 10.2. The summed E-state index contributed by atoms with van der Waals surface area (Å²) < 4.78 is 11.6. The molecule has 10 heteroatoms. The van der Waals surface area contributed by atoms with E-state index < -0.39 is 6.29 Å². The predicted octanol–water partition coefficient (Wildman–Crippen LogP) is 3.43. The first-order valence-electron chi connectivity index (χ1n) is 11.2. The number of hydrogen-bond acceptors (Lipinski definition) is 8. The molecule has 1 amide bonds. The van der Waals surface area contributed by atoms with E-state index in [4.69, 9.17) is 21.1 Å². The molecule has 2 aliphatic heterocycles. The van der Waals surface area contributed by atoms with Crippen molar-refractivity contribution in [2.24, 2.45) is 4.99 Å². The van der Waals surface area contributed by atoms with E-state index in [1.807, 2.05) is 12.1 Å². The number of amides is 1. The molecule has 4 rings (SSSR count). The number of piperazine rings is 1. The van der Waals surface area contributed by atoms with Crippen LogP contribution in [-0.2, 0) is 4.79 Å². The van der Waals surface area contributed by atoms with E-state index in [1.54, 1.807) is 31.4 Å². The maximum Gasteiger partial charge on any atom is 0.247 e.